The molecule has 0 radical (unpaired) electrons. The summed E-state index contributed by atoms with van der Waals surface area (Å²) in [6, 6.07) is 7.37. The van der Waals surface area contributed by atoms with E-state index < -0.39 is 5.63 Å². The molecule has 1 aliphatic heterocycles. The summed E-state index contributed by atoms with van der Waals surface area (Å²) in [7, 11) is 1.89. The zero-order valence-electron chi connectivity index (χ0n) is 14.3. The molecule has 0 saturated heterocycles. The molecule has 0 saturated carbocycles. The van der Waals surface area contributed by atoms with Gasteiger partial charge in [-0.2, -0.15) is 20.1 Å². The lowest BCUT2D eigenvalue weighted by Crippen LogP contribution is -2.26. The van der Waals surface area contributed by atoms with E-state index in [9.17, 15) is 4.79 Å². The summed E-state index contributed by atoms with van der Waals surface area (Å²) in [4.78, 5) is 15.8. The standard InChI is InChI=1S/C17H18N6O2/c1-4-14-11(2)19-23(20-14)13-6-5-12-7-15(17(24)25-16(12)8-13)22-10-21(3)9-18-22/h5-9H,4,10H2,1-3H3. The summed E-state index contributed by atoms with van der Waals surface area (Å²) >= 11 is 0. The van der Waals surface area contributed by atoms with Gasteiger partial charge in [-0.3, -0.25) is 0 Å². The Bertz CT molecular complexity index is 1040. The van der Waals surface area contributed by atoms with Gasteiger partial charge in [0.1, 0.15) is 24.3 Å². The van der Waals surface area contributed by atoms with Crippen LogP contribution < -0.4 is 10.6 Å². The molecule has 0 N–H and O–H groups in total. The van der Waals surface area contributed by atoms with Crippen LogP contribution in [-0.4, -0.2) is 39.9 Å². The first kappa shape index (κ1) is 15.4. The summed E-state index contributed by atoms with van der Waals surface area (Å²) in [5.74, 6) is 0. The SMILES string of the molecule is CCc1nn(-c2ccc3cc(N4CN(C)C=N4)c(=O)oc3c2)nc1C. The number of aromatic nitrogens is 3. The van der Waals surface area contributed by atoms with Crippen LogP contribution >= 0.6 is 0 Å². The minimum atomic E-state index is -0.420. The number of nitrogens with zero attached hydrogens (tertiary/aromatic N) is 6. The highest BCUT2D eigenvalue weighted by Gasteiger charge is 2.18. The monoisotopic (exact) mass is 338 g/mol. The second kappa shape index (κ2) is 5.73. The minimum absolute atomic E-state index is 0.419. The topological polar surface area (TPSA) is 79.8 Å². The molecular formula is C17H18N6O2. The number of aryl methyl sites for hydroxylation is 2. The Morgan fingerprint density at radius 2 is 2.08 bits per heavy atom. The van der Waals surface area contributed by atoms with Gasteiger partial charge in [-0.15, -0.1) is 0 Å². The first-order valence-electron chi connectivity index (χ1n) is 8.08. The van der Waals surface area contributed by atoms with E-state index in [4.69, 9.17) is 4.42 Å². The number of anilines is 1. The first-order valence-corrected chi connectivity index (χ1v) is 8.08. The Hall–Kier alpha value is -3.16. The molecule has 8 nitrogen and oxygen atoms in total. The van der Waals surface area contributed by atoms with Gasteiger partial charge >= 0.3 is 5.63 Å². The van der Waals surface area contributed by atoms with Crippen molar-refractivity contribution in [2.24, 2.45) is 5.10 Å². The normalized spacial score (nSPS) is 14.0. The molecule has 0 bridgehead atoms. The molecule has 8 heteroatoms. The van der Waals surface area contributed by atoms with Crippen molar-refractivity contribution in [3.8, 4) is 5.69 Å². The van der Waals surface area contributed by atoms with Gasteiger partial charge in [0.15, 0.2) is 0 Å². The third kappa shape index (κ3) is 2.65. The lowest BCUT2D eigenvalue weighted by Gasteiger charge is -2.14. The maximum Gasteiger partial charge on any atom is 0.362 e. The molecule has 3 aromatic rings. The summed E-state index contributed by atoms with van der Waals surface area (Å²) in [5.41, 5.74) is 3.10. The van der Waals surface area contributed by atoms with Gasteiger partial charge in [-0.05, 0) is 31.5 Å². The van der Waals surface area contributed by atoms with Gasteiger partial charge < -0.3 is 9.32 Å². The Morgan fingerprint density at radius 1 is 1.24 bits per heavy atom. The van der Waals surface area contributed by atoms with Gasteiger partial charge in [0.25, 0.3) is 0 Å². The minimum Gasteiger partial charge on any atom is -0.421 e. The Balaban J connectivity index is 1.76. The van der Waals surface area contributed by atoms with Crippen molar-refractivity contribution in [3.63, 3.8) is 0 Å². The zero-order valence-corrected chi connectivity index (χ0v) is 14.3. The van der Waals surface area contributed by atoms with Crippen molar-refractivity contribution >= 4 is 23.0 Å². The van der Waals surface area contributed by atoms with Crippen LogP contribution in [0.25, 0.3) is 16.7 Å². The van der Waals surface area contributed by atoms with Crippen LogP contribution in [0.15, 0.2) is 38.6 Å². The number of rotatable bonds is 3. The molecule has 0 aliphatic carbocycles. The molecular weight excluding hydrogens is 320 g/mol. The molecule has 4 rings (SSSR count). The molecule has 0 unspecified atom stereocenters. The van der Waals surface area contributed by atoms with E-state index in [2.05, 4.69) is 15.3 Å². The summed E-state index contributed by atoms with van der Waals surface area (Å²) in [5, 5.41) is 15.5. The third-order valence-corrected chi connectivity index (χ3v) is 4.17. The lowest BCUT2D eigenvalue weighted by atomic mass is 10.2. The van der Waals surface area contributed by atoms with Crippen molar-refractivity contribution < 1.29 is 4.42 Å². The molecule has 2 aromatic heterocycles. The zero-order chi connectivity index (χ0) is 17.6. The maximum atomic E-state index is 12.3. The summed E-state index contributed by atoms with van der Waals surface area (Å²) in [6.07, 6.45) is 2.49. The molecule has 0 spiro atoms. The van der Waals surface area contributed by atoms with E-state index in [0.29, 0.717) is 17.9 Å². The van der Waals surface area contributed by atoms with E-state index in [1.807, 2.05) is 37.9 Å². The van der Waals surface area contributed by atoms with E-state index in [0.717, 1.165) is 28.9 Å². The van der Waals surface area contributed by atoms with Crippen molar-refractivity contribution in [2.45, 2.75) is 20.3 Å². The van der Waals surface area contributed by atoms with Crippen LogP contribution in [0, 0.1) is 6.92 Å². The number of hydrazone groups is 1. The Labute approximate surface area is 144 Å². The highest BCUT2D eigenvalue weighted by atomic mass is 16.4. The predicted molar refractivity (Wildman–Crippen MR) is 95.1 cm³/mol. The van der Waals surface area contributed by atoms with E-state index in [1.54, 1.807) is 28.3 Å². The Kier molecular flexibility index (Phi) is 3.52. The van der Waals surface area contributed by atoms with E-state index >= 15 is 0 Å². The highest BCUT2D eigenvalue weighted by molar-refractivity contribution is 5.82. The number of fused-ring (bicyclic) bond motifs is 1. The van der Waals surface area contributed by atoms with Crippen LogP contribution in [0.3, 0.4) is 0 Å². The van der Waals surface area contributed by atoms with Crippen molar-refractivity contribution in [1.82, 2.24) is 19.9 Å². The quantitative estimate of drug-likeness (QED) is 0.679. The fourth-order valence-electron chi connectivity index (χ4n) is 2.82. The number of benzene rings is 1. The van der Waals surface area contributed by atoms with E-state index in [-0.39, 0.29) is 0 Å². The fourth-order valence-corrected chi connectivity index (χ4v) is 2.82. The number of hydrogen-bond donors (Lipinski definition) is 0. The smallest absolute Gasteiger partial charge is 0.362 e. The van der Waals surface area contributed by atoms with E-state index in [1.165, 1.54) is 0 Å². The van der Waals surface area contributed by atoms with Crippen LogP contribution in [0.5, 0.6) is 0 Å². The van der Waals surface area contributed by atoms with Crippen LogP contribution in [-0.2, 0) is 6.42 Å². The van der Waals surface area contributed by atoms with Crippen molar-refractivity contribution in [3.05, 3.63) is 46.1 Å². The summed E-state index contributed by atoms with van der Waals surface area (Å²) < 4.78 is 5.51. The average molecular weight is 338 g/mol. The molecule has 25 heavy (non-hydrogen) atoms. The fraction of sp³-hybridized carbons (Fsp3) is 0.294. The third-order valence-electron chi connectivity index (χ3n) is 4.17. The first-order chi connectivity index (χ1) is 12.0. The average Bonchev–Trinajstić information content (AvgIpc) is 3.19. The highest BCUT2D eigenvalue weighted by Crippen LogP contribution is 2.22. The molecule has 1 aromatic carbocycles. The molecule has 3 heterocycles. The van der Waals surface area contributed by atoms with Gasteiger partial charge in [0.05, 0.1) is 17.1 Å². The Morgan fingerprint density at radius 3 is 2.76 bits per heavy atom. The maximum absolute atomic E-state index is 12.3. The van der Waals surface area contributed by atoms with Crippen LogP contribution in [0.2, 0.25) is 0 Å². The molecule has 0 atom stereocenters. The molecule has 1 aliphatic rings. The van der Waals surface area contributed by atoms with Gasteiger partial charge in [-0.1, -0.05) is 6.92 Å². The summed E-state index contributed by atoms with van der Waals surface area (Å²) in [6.45, 7) is 4.49. The largest absolute Gasteiger partial charge is 0.421 e. The molecule has 0 amide bonds. The molecule has 0 fully saturated rings. The second-order valence-electron chi connectivity index (χ2n) is 6.05. The van der Waals surface area contributed by atoms with Crippen LogP contribution in [0.4, 0.5) is 5.69 Å². The van der Waals surface area contributed by atoms with Gasteiger partial charge in [0, 0.05) is 18.5 Å². The van der Waals surface area contributed by atoms with Gasteiger partial charge in [0.2, 0.25) is 0 Å². The van der Waals surface area contributed by atoms with Gasteiger partial charge in [-0.25, -0.2) is 9.80 Å². The second-order valence-corrected chi connectivity index (χ2v) is 6.05. The van der Waals surface area contributed by atoms with Crippen molar-refractivity contribution in [1.29, 1.82) is 0 Å². The predicted octanol–water partition coefficient (Wildman–Crippen LogP) is 1.90. The van der Waals surface area contributed by atoms with Crippen LogP contribution in [0.1, 0.15) is 18.3 Å². The molecule has 128 valence electrons. The van der Waals surface area contributed by atoms with Crippen molar-refractivity contribution in [2.75, 3.05) is 18.7 Å². The number of hydrogen-bond acceptors (Lipinski definition) is 7. The lowest BCUT2D eigenvalue weighted by molar-refractivity contribution is 0.530.